The first kappa shape index (κ1) is 15.8. The number of nitrogens with one attached hydrogen (secondary N) is 1. The van der Waals surface area contributed by atoms with Gasteiger partial charge in [0.05, 0.1) is 6.54 Å². The Bertz CT molecular complexity index is 480. The second-order valence-electron chi connectivity index (χ2n) is 6.51. The Morgan fingerprint density at radius 1 is 1.52 bits per heavy atom. The lowest BCUT2D eigenvalue weighted by Gasteiger charge is -2.25. The molecule has 0 bridgehead atoms. The Labute approximate surface area is 125 Å². The summed E-state index contributed by atoms with van der Waals surface area (Å²) in [4.78, 5) is 14.0. The van der Waals surface area contributed by atoms with E-state index in [-0.39, 0.29) is 6.09 Å². The maximum Gasteiger partial charge on any atom is 0.407 e. The molecule has 0 saturated carbocycles. The number of aromatic nitrogens is 3. The lowest BCUT2D eigenvalue weighted by Crippen LogP contribution is -2.42. The highest BCUT2D eigenvalue weighted by Crippen LogP contribution is 2.18. The summed E-state index contributed by atoms with van der Waals surface area (Å²) in [6.07, 6.45) is 3.57. The van der Waals surface area contributed by atoms with E-state index in [2.05, 4.69) is 20.4 Å². The van der Waals surface area contributed by atoms with Crippen LogP contribution in [0.25, 0.3) is 0 Å². The van der Waals surface area contributed by atoms with Crippen LogP contribution < -0.4 is 5.32 Å². The van der Waals surface area contributed by atoms with Gasteiger partial charge in [-0.15, -0.1) is 10.2 Å². The monoisotopic (exact) mass is 295 g/mol. The molecule has 2 rings (SSSR count). The number of amides is 1. The smallest absolute Gasteiger partial charge is 0.407 e. The van der Waals surface area contributed by atoms with E-state index in [1.165, 1.54) is 0 Å². The Balaban J connectivity index is 1.82. The molecule has 1 unspecified atom stereocenters. The molecule has 1 N–H and O–H groups in total. The van der Waals surface area contributed by atoms with Gasteiger partial charge < -0.3 is 14.6 Å². The molecule has 118 valence electrons. The number of likely N-dealkylation sites (tertiary alicyclic amines) is 1. The summed E-state index contributed by atoms with van der Waals surface area (Å²) in [5, 5.41) is 10.9. The molecule has 1 aromatic heterocycles. The fourth-order valence-electron chi connectivity index (χ4n) is 2.48. The SMILES string of the molecule is Cn1cnnc1CN1CCCC1CNC(=O)OC(C)(C)C. The molecule has 0 aliphatic carbocycles. The van der Waals surface area contributed by atoms with E-state index in [0.717, 1.165) is 31.8 Å². The normalized spacial score (nSPS) is 19.7. The van der Waals surface area contributed by atoms with Crippen LogP contribution in [0.3, 0.4) is 0 Å². The van der Waals surface area contributed by atoms with Crippen molar-refractivity contribution < 1.29 is 9.53 Å². The fourth-order valence-corrected chi connectivity index (χ4v) is 2.48. The molecule has 1 fully saturated rings. The summed E-state index contributed by atoms with van der Waals surface area (Å²) >= 11 is 0. The van der Waals surface area contributed by atoms with Crippen molar-refractivity contribution in [2.75, 3.05) is 13.1 Å². The van der Waals surface area contributed by atoms with Crippen LogP contribution in [0.1, 0.15) is 39.4 Å². The summed E-state index contributed by atoms with van der Waals surface area (Å²) in [5.74, 6) is 0.944. The van der Waals surface area contributed by atoms with E-state index in [0.29, 0.717) is 12.6 Å². The largest absolute Gasteiger partial charge is 0.444 e. The molecule has 0 radical (unpaired) electrons. The highest BCUT2D eigenvalue weighted by molar-refractivity contribution is 5.67. The molecule has 1 aliphatic heterocycles. The van der Waals surface area contributed by atoms with Gasteiger partial charge in [-0.1, -0.05) is 0 Å². The van der Waals surface area contributed by atoms with E-state index in [1.807, 2.05) is 32.4 Å². The van der Waals surface area contributed by atoms with Crippen molar-refractivity contribution in [1.29, 1.82) is 0 Å². The first-order valence-electron chi connectivity index (χ1n) is 7.39. The second-order valence-corrected chi connectivity index (χ2v) is 6.51. The highest BCUT2D eigenvalue weighted by Gasteiger charge is 2.26. The van der Waals surface area contributed by atoms with E-state index in [9.17, 15) is 4.79 Å². The predicted molar refractivity (Wildman–Crippen MR) is 78.7 cm³/mol. The van der Waals surface area contributed by atoms with Gasteiger partial charge in [-0.2, -0.15) is 0 Å². The van der Waals surface area contributed by atoms with E-state index in [1.54, 1.807) is 6.33 Å². The molecule has 1 amide bonds. The summed E-state index contributed by atoms with van der Waals surface area (Å²) in [5.41, 5.74) is -0.460. The molecule has 1 atom stereocenters. The lowest BCUT2D eigenvalue weighted by atomic mass is 10.2. The van der Waals surface area contributed by atoms with Gasteiger partial charge in [-0.05, 0) is 40.2 Å². The maximum absolute atomic E-state index is 11.7. The quantitative estimate of drug-likeness (QED) is 0.906. The maximum atomic E-state index is 11.7. The molecule has 7 nitrogen and oxygen atoms in total. The number of rotatable bonds is 4. The van der Waals surface area contributed by atoms with Crippen LogP contribution >= 0.6 is 0 Å². The van der Waals surface area contributed by atoms with Crippen molar-refractivity contribution in [3.8, 4) is 0 Å². The number of alkyl carbamates (subject to hydrolysis) is 1. The molecule has 1 aliphatic rings. The molecular weight excluding hydrogens is 270 g/mol. The van der Waals surface area contributed by atoms with Crippen LogP contribution in [-0.2, 0) is 18.3 Å². The Morgan fingerprint density at radius 2 is 2.29 bits per heavy atom. The molecule has 2 heterocycles. The van der Waals surface area contributed by atoms with Crippen molar-refractivity contribution in [3.05, 3.63) is 12.2 Å². The minimum Gasteiger partial charge on any atom is -0.444 e. The first-order valence-corrected chi connectivity index (χ1v) is 7.39. The van der Waals surface area contributed by atoms with Crippen LogP contribution in [0, 0.1) is 0 Å². The molecular formula is C14H25N5O2. The van der Waals surface area contributed by atoms with E-state index in [4.69, 9.17) is 4.74 Å². The third kappa shape index (κ3) is 4.70. The zero-order valence-electron chi connectivity index (χ0n) is 13.3. The van der Waals surface area contributed by atoms with Crippen molar-refractivity contribution >= 4 is 6.09 Å². The van der Waals surface area contributed by atoms with E-state index < -0.39 is 5.60 Å². The summed E-state index contributed by atoms with van der Waals surface area (Å²) in [6.45, 7) is 7.98. The third-order valence-electron chi connectivity index (χ3n) is 3.53. The van der Waals surface area contributed by atoms with Crippen LogP contribution in [0.15, 0.2) is 6.33 Å². The number of carbonyl (C=O) groups excluding carboxylic acids is 1. The standard InChI is InChI=1S/C14H25N5O2/c1-14(2,3)21-13(20)15-8-11-6-5-7-19(11)9-12-17-16-10-18(12)4/h10-11H,5-9H2,1-4H3,(H,15,20). The average Bonchev–Trinajstić information content (AvgIpc) is 2.95. The minimum atomic E-state index is -0.460. The Hall–Kier alpha value is -1.63. The topological polar surface area (TPSA) is 72.3 Å². The van der Waals surface area contributed by atoms with Crippen molar-refractivity contribution in [3.63, 3.8) is 0 Å². The van der Waals surface area contributed by atoms with Gasteiger partial charge in [-0.3, -0.25) is 4.90 Å². The van der Waals surface area contributed by atoms with Crippen LogP contribution in [0.5, 0.6) is 0 Å². The zero-order valence-corrected chi connectivity index (χ0v) is 13.3. The molecule has 0 aromatic carbocycles. The second kappa shape index (κ2) is 6.43. The van der Waals surface area contributed by atoms with Gasteiger partial charge in [0, 0.05) is 19.6 Å². The van der Waals surface area contributed by atoms with Crippen LogP contribution in [0.4, 0.5) is 4.79 Å². The number of aryl methyl sites for hydroxylation is 1. The van der Waals surface area contributed by atoms with Gasteiger partial charge in [0.25, 0.3) is 0 Å². The molecule has 21 heavy (non-hydrogen) atoms. The van der Waals surface area contributed by atoms with Gasteiger partial charge >= 0.3 is 6.09 Å². The zero-order chi connectivity index (χ0) is 15.5. The minimum absolute atomic E-state index is 0.328. The summed E-state index contributed by atoms with van der Waals surface area (Å²) < 4.78 is 7.19. The highest BCUT2D eigenvalue weighted by atomic mass is 16.6. The number of ether oxygens (including phenoxy) is 1. The number of carbonyl (C=O) groups is 1. The number of nitrogens with zero attached hydrogens (tertiary/aromatic N) is 4. The number of hydrogen-bond acceptors (Lipinski definition) is 5. The van der Waals surface area contributed by atoms with Gasteiger partial charge in [-0.25, -0.2) is 4.79 Å². The Kier molecular flexibility index (Phi) is 4.82. The lowest BCUT2D eigenvalue weighted by molar-refractivity contribution is 0.0512. The average molecular weight is 295 g/mol. The fraction of sp³-hybridized carbons (Fsp3) is 0.786. The summed E-state index contributed by atoms with van der Waals surface area (Å²) in [6, 6.07) is 0.328. The molecule has 1 saturated heterocycles. The van der Waals surface area contributed by atoms with Gasteiger partial charge in [0.15, 0.2) is 0 Å². The Morgan fingerprint density at radius 3 is 2.90 bits per heavy atom. The van der Waals surface area contributed by atoms with Crippen LogP contribution in [-0.4, -0.2) is 50.5 Å². The predicted octanol–water partition coefficient (Wildman–Crippen LogP) is 1.30. The molecule has 7 heteroatoms. The van der Waals surface area contributed by atoms with Crippen molar-refractivity contribution in [2.45, 2.75) is 51.8 Å². The third-order valence-corrected chi connectivity index (χ3v) is 3.53. The van der Waals surface area contributed by atoms with E-state index >= 15 is 0 Å². The molecule has 0 spiro atoms. The molecule has 1 aromatic rings. The van der Waals surface area contributed by atoms with Crippen molar-refractivity contribution in [1.82, 2.24) is 25.0 Å². The van der Waals surface area contributed by atoms with Gasteiger partial charge in [0.1, 0.15) is 17.8 Å². The van der Waals surface area contributed by atoms with Gasteiger partial charge in [0.2, 0.25) is 0 Å². The van der Waals surface area contributed by atoms with Crippen molar-refractivity contribution in [2.24, 2.45) is 7.05 Å². The van der Waals surface area contributed by atoms with Crippen LogP contribution in [0.2, 0.25) is 0 Å². The first-order chi connectivity index (χ1) is 9.85. The number of hydrogen-bond donors (Lipinski definition) is 1. The summed E-state index contributed by atoms with van der Waals surface area (Å²) in [7, 11) is 1.94.